The molecule has 0 radical (unpaired) electrons. The molecule has 0 aliphatic carbocycles. The molecule has 0 saturated heterocycles. The smallest absolute Gasteiger partial charge is 0.306 e. The van der Waals surface area contributed by atoms with Gasteiger partial charge in [0.25, 0.3) is 0 Å². The highest BCUT2D eigenvalue weighted by Gasteiger charge is 2.19. The van der Waals surface area contributed by atoms with Crippen molar-refractivity contribution in [2.24, 2.45) is 0 Å². The third-order valence-electron chi connectivity index (χ3n) is 14.9. The van der Waals surface area contributed by atoms with Crippen LogP contribution in [-0.4, -0.2) is 37.2 Å². The second-order valence-electron chi connectivity index (χ2n) is 22.4. The van der Waals surface area contributed by atoms with Crippen LogP contribution in [0.5, 0.6) is 0 Å². The van der Waals surface area contributed by atoms with Gasteiger partial charge in [-0.1, -0.05) is 302 Å². The molecular weight excluding hydrogens is 901 g/mol. The summed E-state index contributed by atoms with van der Waals surface area (Å²) < 4.78 is 17.0. The van der Waals surface area contributed by atoms with Crippen LogP contribution in [0.1, 0.15) is 367 Å². The molecule has 0 fully saturated rings. The third-order valence-corrected chi connectivity index (χ3v) is 14.9. The van der Waals surface area contributed by atoms with E-state index in [1.165, 1.54) is 270 Å². The lowest BCUT2D eigenvalue weighted by Gasteiger charge is -2.18. The Morgan fingerprint density at radius 1 is 0.260 bits per heavy atom. The summed E-state index contributed by atoms with van der Waals surface area (Å²) >= 11 is 0. The minimum atomic E-state index is -0.771. The standard InChI is InChI=1S/C67H126O6/c1-4-7-10-13-16-19-22-25-28-31-33-36-39-42-45-48-51-54-57-60-66(69)72-63-64(62-71-65(68)59-56-53-50-47-44-41-38-35-30-27-24-21-18-15-12-9-6-3)73-67(70)61-58-55-52-49-46-43-40-37-34-32-29-26-23-20-17-14-11-8-5-2/h25,27-28,30,64H,4-24,26,29,31-63H2,1-3H3/b28-25-,30-27-. The molecule has 0 aromatic heterocycles. The number of rotatable bonds is 61. The minimum Gasteiger partial charge on any atom is -0.462 e. The number of unbranched alkanes of at least 4 members (excludes halogenated alkanes) is 46. The molecule has 1 unspecified atom stereocenters. The molecule has 0 amide bonds. The molecule has 6 nitrogen and oxygen atoms in total. The quantitative estimate of drug-likeness (QED) is 0.0261. The molecule has 0 spiro atoms. The molecule has 0 aliphatic heterocycles. The van der Waals surface area contributed by atoms with Crippen LogP contribution < -0.4 is 0 Å². The largest absolute Gasteiger partial charge is 0.462 e. The van der Waals surface area contributed by atoms with E-state index in [0.29, 0.717) is 19.3 Å². The lowest BCUT2D eigenvalue weighted by atomic mass is 10.0. The van der Waals surface area contributed by atoms with E-state index in [1.807, 2.05) is 0 Å². The molecule has 430 valence electrons. The third kappa shape index (κ3) is 60.6. The van der Waals surface area contributed by atoms with E-state index in [0.717, 1.165) is 57.8 Å². The molecular formula is C67H126O6. The summed E-state index contributed by atoms with van der Waals surface area (Å²) in [5.74, 6) is -0.846. The van der Waals surface area contributed by atoms with Gasteiger partial charge in [-0.15, -0.1) is 0 Å². The van der Waals surface area contributed by atoms with Crippen LogP contribution in [0.25, 0.3) is 0 Å². The maximum absolute atomic E-state index is 12.9. The summed E-state index contributed by atoms with van der Waals surface area (Å²) in [5, 5.41) is 0. The molecule has 6 heteroatoms. The van der Waals surface area contributed by atoms with Crippen LogP contribution >= 0.6 is 0 Å². The van der Waals surface area contributed by atoms with Crippen LogP contribution in [-0.2, 0) is 28.6 Å². The fourth-order valence-corrected chi connectivity index (χ4v) is 9.97. The lowest BCUT2D eigenvalue weighted by Crippen LogP contribution is -2.30. The number of hydrogen-bond acceptors (Lipinski definition) is 6. The lowest BCUT2D eigenvalue weighted by molar-refractivity contribution is -0.167. The van der Waals surface area contributed by atoms with E-state index in [9.17, 15) is 14.4 Å². The van der Waals surface area contributed by atoms with Crippen LogP contribution in [0, 0.1) is 0 Å². The summed E-state index contributed by atoms with van der Waals surface area (Å²) in [6.07, 6.45) is 74.7. The van der Waals surface area contributed by atoms with E-state index in [-0.39, 0.29) is 31.1 Å². The zero-order valence-corrected chi connectivity index (χ0v) is 49.4. The predicted octanol–water partition coefficient (Wildman–Crippen LogP) is 22.2. The van der Waals surface area contributed by atoms with Gasteiger partial charge in [-0.3, -0.25) is 14.4 Å². The fourth-order valence-electron chi connectivity index (χ4n) is 9.97. The van der Waals surface area contributed by atoms with E-state index in [4.69, 9.17) is 14.2 Å². The number of esters is 3. The van der Waals surface area contributed by atoms with Crippen LogP contribution in [0.2, 0.25) is 0 Å². The van der Waals surface area contributed by atoms with Crippen molar-refractivity contribution in [3.05, 3.63) is 24.3 Å². The van der Waals surface area contributed by atoms with E-state index >= 15 is 0 Å². The molecule has 0 rings (SSSR count). The Morgan fingerprint density at radius 3 is 0.685 bits per heavy atom. The van der Waals surface area contributed by atoms with E-state index in [1.54, 1.807) is 0 Å². The number of allylic oxidation sites excluding steroid dienone is 4. The molecule has 0 aromatic carbocycles. The van der Waals surface area contributed by atoms with Crippen LogP contribution in [0.15, 0.2) is 24.3 Å². The zero-order chi connectivity index (χ0) is 52.9. The normalized spacial score (nSPS) is 12.1. The molecule has 0 heterocycles. The highest BCUT2D eigenvalue weighted by atomic mass is 16.6. The van der Waals surface area contributed by atoms with Gasteiger partial charge in [-0.2, -0.15) is 0 Å². The van der Waals surface area contributed by atoms with Crippen molar-refractivity contribution < 1.29 is 28.6 Å². The summed E-state index contributed by atoms with van der Waals surface area (Å²) in [5.41, 5.74) is 0. The predicted molar refractivity (Wildman–Crippen MR) is 316 cm³/mol. The topological polar surface area (TPSA) is 78.9 Å². The van der Waals surface area contributed by atoms with Crippen molar-refractivity contribution in [2.75, 3.05) is 13.2 Å². The Balaban J connectivity index is 4.32. The van der Waals surface area contributed by atoms with Gasteiger partial charge in [0.2, 0.25) is 0 Å². The van der Waals surface area contributed by atoms with Crippen molar-refractivity contribution >= 4 is 17.9 Å². The Bertz CT molecular complexity index is 1180. The molecule has 0 saturated carbocycles. The average molecular weight is 1030 g/mol. The number of ether oxygens (including phenoxy) is 3. The molecule has 0 bridgehead atoms. The van der Waals surface area contributed by atoms with Gasteiger partial charge in [0, 0.05) is 19.3 Å². The highest BCUT2D eigenvalue weighted by molar-refractivity contribution is 5.71. The van der Waals surface area contributed by atoms with Crippen molar-refractivity contribution in [2.45, 2.75) is 374 Å². The molecule has 73 heavy (non-hydrogen) atoms. The molecule has 0 aromatic rings. The van der Waals surface area contributed by atoms with Crippen molar-refractivity contribution in [1.29, 1.82) is 0 Å². The Morgan fingerprint density at radius 2 is 0.452 bits per heavy atom. The second kappa shape index (κ2) is 62.4. The summed E-state index contributed by atoms with van der Waals surface area (Å²) in [6.45, 7) is 6.70. The second-order valence-corrected chi connectivity index (χ2v) is 22.4. The van der Waals surface area contributed by atoms with E-state index in [2.05, 4.69) is 45.1 Å². The number of carbonyl (C=O) groups excluding carboxylic acids is 3. The summed E-state index contributed by atoms with van der Waals surface area (Å²) in [7, 11) is 0. The van der Waals surface area contributed by atoms with Gasteiger partial charge in [0.05, 0.1) is 0 Å². The maximum atomic E-state index is 12.9. The summed E-state index contributed by atoms with van der Waals surface area (Å²) in [6, 6.07) is 0. The van der Waals surface area contributed by atoms with E-state index < -0.39 is 6.10 Å². The van der Waals surface area contributed by atoms with Gasteiger partial charge in [0.15, 0.2) is 6.10 Å². The van der Waals surface area contributed by atoms with Crippen molar-refractivity contribution in [3.8, 4) is 0 Å². The van der Waals surface area contributed by atoms with Crippen LogP contribution in [0.4, 0.5) is 0 Å². The SMILES string of the molecule is CCCCCCCC/C=C\CCCCCCCCCCCC(=O)OCC(COC(=O)CCCCCCCCC/C=C\CCCCCCCC)OC(=O)CCCCCCCCCCCCCCCCCCCCC. The van der Waals surface area contributed by atoms with Crippen LogP contribution in [0.3, 0.4) is 0 Å². The number of hydrogen-bond donors (Lipinski definition) is 0. The minimum absolute atomic E-state index is 0.0686. The monoisotopic (exact) mass is 1030 g/mol. The van der Waals surface area contributed by atoms with Gasteiger partial charge in [0.1, 0.15) is 13.2 Å². The maximum Gasteiger partial charge on any atom is 0.306 e. The zero-order valence-electron chi connectivity index (χ0n) is 49.4. The Labute approximate surface area is 455 Å². The van der Waals surface area contributed by atoms with Gasteiger partial charge >= 0.3 is 17.9 Å². The first kappa shape index (κ1) is 70.9. The van der Waals surface area contributed by atoms with Gasteiger partial charge in [-0.25, -0.2) is 0 Å². The highest BCUT2D eigenvalue weighted by Crippen LogP contribution is 2.18. The van der Waals surface area contributed by atoms with Gasteiger partial charge < -0.3 is 14.2 Å². The summed E-state index contributed by atoms with van der Waals surface area (Å²) in [4.78, 5) is 38.4. The fraction of sp³-hybridized carbons (Fsp3) is 0.896. The first-order valence-electron chi connectivity index (χ1n) is 32.8. The Kier molecular flexibility index (Phi) is 60.6. The Hall–Kier alpha value is -2.11. The first-order chi connectivity index (χ1) is 36.0. The molecule has 0 N–H and O–H groups in total. The van der Waals surface area contributed by atoms with Crippen molar-refractivity contribution in [3.63, 3.8) is 0 Å². The van der Waals surface area contributed by atoms with Gasteiger partial charge in [-0.05, 0) is 70.6 Å². The first-order valence-corrected chi connectivity index (χ1v) is 32.8. The molecule has 1 atom stereocenters. The number of carbonyl (C=O) groups is 3. The molecule has 0 aliphatic rings. The average Bonchev–Trinajstić information content (AvgIpc) is 3.39. The van der Waals surface area contributed by atoms with Crippen molar-refractivity contribution in [1.82, 2.24) is 0 Å².